The normalized spacial score (nSPS) is 13.3. The van der Waals surface area contributed by atoms with Gasteiger partial charge in [0, 0.05) is 5.56 Å². The fourth-order valence-corrected chi connectivity index (χ4v) is 2.47. The van der Waals surface area contributed by atoms with E-state index in [1.807, 2.05) is 6.07 Å². The van der Waals surface area contributed by atoms with E-state index in [2.05, 4.69) is 15.3 Å². The molecular weight excluding hydrogens is 336 g/mol. The van der Waals surface area contributed by atoms with Crippen LogP contribution in [-0.2, 0) is 11.3 Å². The molecule has 3 amide bonds. The van der Waals surface area contributed by atoms with Gasteiger partial charge < -0.3 is 4.74 Å². The molecule has 0 atom stereocenters. The predicted molar refractivity (Wildman–Crippen MR) is 92.5 cm³/mol. The van der Waals surface area contributed by atoms with E-state index in [0.29, 0.717) is 5.56 Å². The first-order valence-corrected chi connectivity index (χ1v) is 8.01. The summed E-state index contributed by atoms with van der Waals surface area (Å²) >= 11 is 0. The van der Waals surface area contributed by atoms with Crippen LogP contribution in [-0.4, -0.2) is 38.4 Å². The van der Waals surface area contributed by atoms with Crippen LogP contribution in [0.5, 0.6) is 0 Å². The van der Waals surface area contributed by atoms with Gasteiger partial charge in [-0.2, -0.15) is 0 Å². The third-order valence-corrected chi connectivity index (χ3v) is 3.57. The molecule has 1 aliphatic rings. The molecular formula is C18H18N4O4. The van der Waals surface area contributed by atoms with Crippen molar-refractivity contribution in [3.8, 4) is 0 Å². The van der Waals surface area contributed by atoms with Crippen molar-refractivity contribution in [1.29, 1.82) is 0 Å². The van der Waals surface area contributed by atoms with Gasteiger partial charge in [0.05, 0.1) is 18.9 Å². The van der Waals surface area contributed by atoms with Crippen molar-refractivity contribution in [3.05, 3.63) is 53.5 Å². The SMILES string of the molecule is CC(C)(C)OC(=O)Nc1cnc(C(=O)N2Cc3ccccc3C2=O)cn1. The molecule has 8 nitrogen and oxygen atoms in total. The van der Waals surface area contributed by atoms with E-state index in [-0.39, 0.29) is 24.0 Å². The highest BCUT2D eigenvalue weighted by Gasteiger charge is 2.33. The number of nitrogens with one attached hydrogen (secondary N) is 1. The molecule has 0 spiro atoms. The molecule has 0 fully saturated rings. The molecule has 1 aromatic carbocycles. The van der Waals surface area contributed by atoms with Crippen molar-refractivity contribution in [3.63, 3.8) is 0 Å². The van der Waals surface area contributed by atoms with Crippen molar-refractivity contribution in [2.24, 2.45) is 0 Å². The van der Waals surface area contributed by atoms with Crippen molar-refractivity contribution in [2.45, 2.75) is 32.9 Å². The molecule has 0 saturated heterocycles. The minimum atomic E-state index is -0.670. The quantitative estimate of drug-likeness (QED) is 0.832. The van der Waals surface area contributed by atoms with Crippen LogP contribution < -0.4 is 5.32 Å². The standard InChI is InChI=1S/C18H18N4O4/c1-18(2,3)26-17(25)21-14-9-19-13(8-20-14)16(24)22-10-11-6-4-5-7-12(11)15(22)23/h4-9H,10H2,1-3H3,(H,20,21,25). The van der Waals surface area contributed by atoms with Crippen molar-refractivity contribution in [2.75, 3.05) is 5.32 Å². The maximum atomic E-state index is 12.5. The Bertz CT molecular complexity index is 872. The first-order valence-electron chi connectivity index (χ1n) is 8.01. The molecule has 1 aliphatic heterocycles. The molecule has 0 bridgehead atoms. The summed E-state index contributed by atoms with van der Waals surface area (Å²) in [6, 6.07) is 7.06. The fraction of sp³-hybridized carbons (Fsp3) is 0.278. The minimum Gasteiger partial charge on any atom is -0.444 e. The van der Waals surface area contributed by atoms with Crippen molar-refractivity contribution < 1.29 is 19.1 Å². The lowest BCUT2D eigenvalue weighted by molar-refractivity contribution is 0.0619. The number of rotatable bonds is 2. The second-order valence-electron chi connectivity index (χ2n) is 6.77. The molecule has 1 aromatic heterocycles. The highest BCUT2D eigenvalue weighted by molar-refractivity contribution is 6.12. The lowest BCUT2D eigenvalue weighted by Crippen LogP contribution is -2.32. The number of nitrogens with zero attached hydrogens (tertiary/aromatic N) is 3. The zero-order valence-corrected chi connectivity index (χ0v) is 14.6. The second-order valence-corrected chi connectivity index (χ2v) is 6.77. The van der Waals surface area contributed by atoms with Gasteiger partial charge in [-0.3, -0.25) is 19.8 Å². The predicted octanol–water partition coefficient (Wildman–Crippen LogP) is 2.62. The highest BCUT2D eigenvalue weighted by Crippen LogP contribution is 2.23. The fourth-order valence-electron chi connectivity index (χ4n) is 2.47. The first kappa shape index (κ1) is 17.5. The van der Waals surface area contributed by atoms with Gasteiger partial charge in [0.25, 0.3) is 11.8 Å². The van der Waals surface area contributed by atoms with Crippen LogP contribution in [0.3, 0.4) is 0 Å². The molecule has 0 saturated carbocycles. The van der Waals surface area contributed by atoms with Gasteiger partial charge in [-0.25, -0.2) is 14.8 Å². The number of benzene rings is 1. The summed E-state index contributed by atoms with van der Waals surface area (Å²) in [5, 5.41) is 2.43. The van der Waals surface area contributed by atoms with E-state index < -0.39 is 17.6 Å². The van der Waals surface area contributed by atoms with Gasteiger partial charge in [-0.05, 0) is 32.4 Å². The number of aromatic nitrogens is 2. The molecule has 2 heterocycles. The minimum absolute atomic E-state index is 0.0147. The summed E-state index contributed by atoms with van der Waals surface area (Å²) in [5.41, 5.74) is 0.679. The molecule has 134 valence electrons. The number of fused-ring (bicyclic) bond motifs is 1. The number of carbonyl (C=O) groups is 3. The van der Waals surface area contributed by atoms with E-state index in [0.717, 1.165) is 10.5 Å². The zero-order valence-electron chi connectivity index (χ0n) is 14.6. The average molecular weight is 354 g/mol. The highest BCUT2D eigenvalue weighted by atomic mass is 16.6. The summed E-state index contributed by atoms with van der Waals surface area (Å²) in [4.78, 5) is 45.7. The zero-order chi connectivity index (χ0) is 18.9. The number of carbonyl (C=O) groups excluding carboxylic acids is 3. The van der Waals surface area contributed by atoms with Gasteiger partial charge in [0.2, 0.25) is 0 Å². The lowest BCUT2D eigenvalue weighted by atomic mass is 10.1. The molecule has 2 aromatic rings. The van der Waals surface area contributed by atoms with Gasteiger partial charge >= 0.3 is 6.09 Å². The number of amides is 3. The lowest BCUT2D eigenvalue weighted by Gasteiger charge is -2.19. The van der Waals surface area contributed by atoms with E-state index in [4.69, 9.17) is 4.74 Å². The number of ether oxygens (including phenoxy) is 1. The Kier molecular flexibility index (Phi) is 4.41. The number of imide groups is 1. The third kappa shape index (κ3) is 3.69. The second kappa shape index (κ2) is 6.55. The summed E-state index contributed by atoms with van der Waals surface area (Å²) in [6.07, 6.45) is 1.78. The van der Waals surface area contributed by atoms with E-state index in [1.165, 1.54) is 12.4 Å². The van der Waals surface area contributed by atoms with Gasteiger partial charge in [0.1, 0.15) is 11.3 Å². The smallest absolute Gasteiger partial charge is 0.413 e. The van der Waals surface area contributed by atoms with Crippen LogP contribution in [0.2, 0.25) is 0 Å². The van der Waals surface area contributed by atoms with Crippen molar-refractivity contribution in [1.82, 2.24) is 14.9 Å². The van der Waals surface area contributed by atoms with E-state index >= 15 is 0 Å². The molecule has 0 aliphatic carbocycles. The maximum Gasteiger partial charge on any atom is 0.413 e. The van der Waals surface area contributed by atoms with Crippen LogP contribution >= 0.6 is 0 Å². The largest absolute Gasteiger partial charge is 0.444 e. The third-order valence-electron chi connectivity index (χ3n) is 3.57. The number of anilines is 1. The van der Waals surface area contributed by atoms with Crippen LogP contribution in [0.1, 0.15) is 47.2 Å². The monoisotopic (exact) mass is 354 g/mol. The van der Waals surface area contributed by atoms with Gasteiger partial charge in [0.15, 0.2) is 5.82 Å². The Labute approximate surface area is 150 Å². The molecule has 8 heteroatoms. The van der Waals surface area contributed by atoms with Crippen molar-refractivity contribution >= 4 is 23.7 Å². The Morgan fingerprint density at radius 1 is 1.15 bits per heavy atom. The van der Waals surface area contributed by atoms with Crippen LogP contribution in [0, 0.1) is 0 Å². The molecule has 0 unspecified atom stereocenters. The summed E-state index contributed by atoms with van der Waals surface area (Å²) in [5.74, 6) is -0.752. The van der Waals surface area contributed by atoms with Crippen LogP contribution in [0.4, 0.5) is 10.6 Å². The average Bonchev–Trinajstić information content (AvgIpc) is 2.90. The van der Waals surface area contributed by atoms with E-state index in [9.17, 15) is 14.4 Å². The van der Waals surface area contributed by atoms with Gasteiger partial charge in [-0.15, -0.1) is 0 Å². The van der Waals surface area contributed by atoms with Gasteiger partial charge in [-0.1, -0.05) is 18.2 Å². The number of hydrogen-bond donors (Lipinski definition) is 1. The molecule has 3 rings (SSSR count). The van der Waals surface area contributed by atoms with E-state index in [1.54, 1.807) is 39.0 Å². The first-order chi connectivity index (χ1) is 12.2. The topological polar surface area (TPSA) is 101 Å². The molecule has 1 N–H and O–H groups in total. The van der Waals surface area contributed by atoms with Crippen LogP contribution in [0.25, 0.3) is 0 Å². The summed E-state index contributed by atoms with van der Waals surface area (Å²) < 4.78 is 5.11. The summed E-state index contributed by atoms with van der Waals surface area (Å²) in [7, 11) is 0. The van der Waals surface area contributed by atoms with Crippen LogP contribution in [0.15, 0.2) is 36.7 Å². The maximum absolute atomic E-state index is 12.5. The Hall–Kier alpha value is -3.29. The summed E-state index contributed by atoms with van der Waals surface area (Å²) in [6.45, 7) is 5.43. The Morgan fingerprint density at radius 3 is 2.50 bits per heavy atom. The Balaban J connectivity index is 1.69. The number of hydrogen-bond acceptors (Lipinski definition) is 6. The molecule has 0 radical (unpaired) electrons. The Morgan fingerprint density at radius 2 is 1.88 bits per heavy atom. The molecule has 26 heavy (non-hydrogen) atoms.